The van der Waals surface area contributed by atoms with Crippen molar-refractivity contribution < 1.29 is 19.1 Å². The number of amides is 2. The lowest BCUT2D eigenvalue weighted by molar-refractivity contribution is -0.123. The summed E-state index contributed by atoms with van der Waals surface area (Å²) in [6, 6.07) is 23.1. The number of hydrogen-bond acceptors (Lipinski definition) is 5. The molecule has 0 unspecified atom stereocenters. The second-order valence-electron chi connectivity index (χ2n) is 8.67. The van der Waals surface area contributed by atoms with Crippen molar-refractivity contribution in [2.24, 2.45) is 0 Å². The van der Waals surface area contributed by atoms with Crippen molar-refractivity contribution in [3.05, 3.63) is 112 Å². The number of imide groups is 1. The lowest BCUT2D eigenvalue weighted by Crippen LogP contribution is -2.27. The molecule has 1 aliphatic rings. The second kappa shape index (κ2) is 9.87. The minimum Gasteiger partial charge on any atom is -0.465 e. The standard InChI is InChI=1S/C29H24N2O4S/c1-19-10-12-20(13-11-19)17-31-27(32)26(36-29(31)34)15-23-18-30(25-9-4-3-8-24(23)25)16-21-6-5-7-22(14-21)28(33)35-2/h3-15,18H,16-17H2,1-2H3/b26-15-. The number of esters is 1. The van der Waals surface area contributed by atoms with E-state index in [4.69, 9.17) is 4.74 Å². The van der Waals surface area contributed by atoms with E-state index in [9.17, 15) is 14.4 Å². The second-order valence-corrected chi connectivity index (χ2v) is 9.67. The van der Waals surface area contributed by atoms with Crippen LogP contribution in [0.4, 0.5) is 4.79 Å². The van der Waals surface area contributed by atoms with Gasteiger partial charge in [0.05, 0.1) is 24.1 Å². The average Bonchev–Trinajstić information content (AvgIpc) is 3.36. The predicted octanol–water partition coefficient (Wildman–Crippen LogP) is 6.02. The third-order valence-corrected chi connectivity index (χ3v) is 7.05. The Kier molecular flexibility index (Phi) is 6.48. The summed E-state index contributed by atoms with van der Waals surface area (Å²) in [4.78, 5) is 39.4. The van der Waals surface area contributed by atoms with Gasteiger partial charge in [0, 0.05) is 29.2 Å². The SMILES string of the molecule is COC(=O)c1cccc(Cn2cc(/C=C3\SC(=O)N(Cc4ccc(C)cc4)C3=O)c3ccccc32)c1. The van der Waals surface area contributed by atoms with Gasteiger partial charge in [-0.15, -0.1) is 0 Å². The van der Waals surface area contributed by atoms with E-state index in [1.807, 2.05) is 79.9 Å². The topological polar surface area (TPSA) is 68.6 Å². The number of rotatable bonds is 6. The van der Waals surface area contributed by atoms with Crippen LogP contribution in [0.1, 0.15) is 32.6 Å². The third kappa shape index (κ3) is 4.70. The van der Waals surface area contributed by atoms with Gasteiger partial charge in [-0.25, -0.2) is 4.79 Å². The molecule has 0 aliphatic carbocycles. The van der Waals surface area contributed by atoms with Crippen LogP contribution in [0.25, 0.3) is 17.0 Å². The molecule has 36 heavy (non-hydrogen) atoms. The molecule has 1 fully saturated rings. The molecule has 0 N–H and O–H groups in total. The Balaban J connectivity index is 1.44. The summed E-state index contributed by atoms with van der Waals surface area (Å²) in [7, 11) is 1.36. The Morgan fingerprint density at radius 2 is 1.72 bits per heavy atom. The minimum absolute atomic E-state index is 0.251. The number of benzene rings is 3. The highest BCUT2D eigenvalue weighted by molar-refractivity contribution is 8.18. The van der Waals surface area contributed by atoms with Crippen LogP contribution in [0.5, 0.6) is 0 Å². The van der Waals surface area contributed by atoms with Gasteiger partial charge in [0.2, 0.25) is 0 Å². The number of aryl methyl sites for hydroxylation is 1. The quantitative estimate of drug-likeness (QED) is 0.241. The van der Waals surface area contributed by atoms with Gasteiger partial charge in [-0.3, -0.25) is 14.5 Å². The van der Waals surface area contributed by atoms with E-state index in [2.05, 4.69) is 4.57 Å². The maximum Gasteiger partial charge on any atom is 0.337 e. The van der Waals surface area contributed by atoms with Crippen LogP contribution in [-0.4, -0.2) is 33.7 Å². The molecule has 0 bridgehead atoms. The molecule has 0 saturated carbocycles. The van der Waals surface area contributed by atoms with E-state index in [1.165, 1.54) is 12.0 Å². The number of nitrogens with zero attached hydrogens (tertiary/aromatic N) is 2. The van der Waals surface area contributed by atoms with Crippen LogP contribution in [0.15, 0.2) is 83.9 Å². The van der Waals surface area contributed by atoms with E-state index in [-0.39, 0.29) is 23.7 Å². The van der Waals surface area contributed by atoms with Gasteiger partial charge in [0.15, 0.2) is 0 Å². The number of thioether (sulfide) groups is 1. The molecule has 1 aliphatic heterocycles. The maximum absolute atomic E-state index is 13.1. The number of carbonyl (C=O) groups excluding carboxylic acids is 3. The molecule has 6 nitrogen and oxygen atoms in total. The number of para-hydroxylation sites is 1. The number of fused-ring (bicyclic) bond motifs is 1. The van der Waals surface area contributed by atoms with Crippen molar-refractivity contribution in [3.63, 3.8) is 0 Å². The lowest BCUT2D eigenvalue weighted by atomic mass is 10.1. The first-order valence-corrected chi connectivity index (χ1v) is 12.3. The molecule has 3 aromatic carbocycles. The molecule has 0 radical (unpaired) electrons. The zero-order valence-electron chi connectivity index (χ0n) is 19.9. The molecule has 1 saturated heterocycles. The van der Waals surface area contributed by atoms with E-state index in [0.717, 1.165) is 44.9 Å². The third-order valence-electron chi connectivity index (χ3n) is 6.14. The smallest absolute Gasteiger partial charge is 0.337 e. The Bertz CT molecular complexity index is 1520. The van der Waals surface area contributed by atoms with E-state index in [0.29, 0.717) is 17.0 Å². The molecular weight excluding hydrogens is 472 g/mol. The van der Waals surface area contributed by atoms with Crippen LogP contribution in [0.2, 0.25) is 0 Å². The number of ether oxygens (including phenoxy) is 1. The van der Waals surface area contributed by atoms with Gasteiger partial charge in [0.25, 0.3) is 11.1 Å². The highest BCUT2D eigenvalue weighted by atomic mass is 32.2. The van der Waals surface area contributed by atoms with Gasteiger partial charge in [0.1, 0.15) is 0 Å². The predicted molar refractivity (Wildman–Crippen MR) is 142 cm³/mol. The summed E-state index contributed by atoms with van der Waals surface area (Å²) < 4.78 is 6.92. The summed E-state index contributed by atoms with van der Waals surface area (Å²) in [6.07, 6.45) is 3.77. The van der Waals surface area contributed by atoms with Crippen LogP contribution < -0.4 is 0 Å². The normalized spacial score (nSPS) is 14.7. The molecule has 0 spiro atoms. The number of aromatic nitrogens is 1. The van der Waals surface area contributed by atoms with Gasteiger partial charge < -0.3 is 9.30 Å². The summed E-state index contributed by atoms with van der Waals surface area (Å²) in [5.41, 5.74) is 5.33. The zero-order chi connectivity index (χ0) is 25.2. The first kappa shape index (κ1) is 23.6. The monoisotopic (exact) mass is 496 g/mol. The summed E-state index contributed by atoms with van der Waals surface area (Å²) >= 11 is 0.966. The molecule has 7 heteroatoms. The molecule has 1 aromatic heterocycles. The molecule has 2 amide bonds. The Labute approximate surface area is 213 Å². The van der Waals surface area contributed by atoms with Crippen molar-refractivity contribution >= 4 is 45.9 Å². The van der Waals surface area contributed by atoms with Crippen molar-refractivity contribution in [2.75, 3.05) is 7.11 Å². The number of methoxy groups -OCH3 is 1. The van der Waals surface area contributed by atoms with Crippen LogP contribution >= 0.6 is 11.8 Å². The fourth-order valence-electron chi connectivity index (χ4n) is 4.29. The van der Waals surface area contributed by atoms with Gasteiger partial charge in [-0.2, -0.15) is 0 Å². The molecule has 5 rings (SSSR count). The van der Waals surface area contributed by atoms with Crippen LogP contribution in [-0.2, 0) is 22.6 Å². The van der Waals surface area contributed by atoms with Crippen LogP contribution in [0.3, 0.4) is 0 Å². The van der Waals surface area contributed by atoms with Crippen molar-refractivity contribution in [1.29, 1.82) is 0 Å². The molecule has 4 aromatic rings. The summed E-state index contributed by atoms with van der Waals surface area (Å²) in [6.45, 7) is 2.79. The molecule has 2 heterocycles. The molecule has 180 valence electrons. The fraction of sp³-hybridized carbons (Fsp3) is 0.138. The summed E-state index contributed by atoms with van der Waals surface area (Å²) in [5, 5.41) is 0.710. The van der Waals surface area contributed by atoms with Crippen molar-refractivity contribution in [3.8, 4) is 0 Å². The van der Waals surface area contributed by atoms with Gasteiger partial charge in [-0.05, 0) is 54.1 Å². The van der Waals surface area contributed by atoms with E-state index < -0.39 is 0 Å². The Hall–Kier alpha value is -4.10. The fourth-order valence-corrected chi connectivity index (χ4v) is 5.11. The minimum atomic E-state index is -0.378. The summed E-state index contributed by atoms with van der Waals surface area (Å²) in [5.74, 6) is -0.663. The lowest BCUT2D eigenvalue weighted by Gasteiger charge is -2.12. The zero-order valence-corrected chi connectivity index (χ0v) is 20.7. The highest BCUT2D eigenvalue weighted by Crippen LogP contribution is 2.35. The average molecular weight is 497 g/mol. The highest BCUT2D eigenvalue weighted by Gasteiger charge is 2.35. The van der Waals surface area contributed by atoms with E-state index in [1.54, 1.807) is 12.1 Å². The van der Waals surface area contributed by atoms with Crippen molar-refractivity contribution in [2.45, 2.75) is 20.0 Å². The van der Waals surface area contributed by atoms with E-state index >= 15 is 0 Å². The van der Waals surface area contributed by atoms with Gasteiger partial charge >= 0.3 is 5.97 Å². The largest absolute Gasteiger partial charge is 0.465 e. The maximum atomic E-state index is 13.1. The first-order valence-electron chi connectivity index (χ1n) is 11.5. The molecular formula is C29H24N2O4S. The number of hydrogen-bond donors (Lipinski definition) is 0. The number of carbonyl (C=O) groups is 3. The van der Waals surface area contributed by atoms with Crippen molar-refractivity contribution in [1.82, 2.24) is 9.47 Å². The Morgan fingerprint density at radius 1 is 0.944 bits per heavy atom. The Morgan fingerprint density at radius 3 is 2.50 bits per heavy atom. The van der Waals surface area contributed by atoms with Crippen LogP contribution in [0, 0.1) is 6.92 Å². The van der Waals surface area contributed by atoms with Gasteiger partial charge in [-0.1, -0.05) is 60.2 Å². The molecule has 0 atom stereocenters. The first-order chi connectivity index (χ1) is 17.4.